The topological polar surface area (TPSA) is 69.6 Å². The molecule has 0 spiro atoms. The quantitative estimate of drug-likeness (QED) is 0.491. The molecule has 0 bridgehead atoms. The highest BCUT2D eigenvalue weighted by Crippen LogP contribution is 2.31. The second-order valence-electron chi connectivity index (χ2n) is 5.87. The van der Waals surface area contributed by atoms with Crippen molar-refractivity contribution in [3.05, 3.63) is 71.1 Å². The van der Waals surface area contributed by atoms with Crippen LogP contribution < -0.4 is 0 Å². The highest BCUT2D eigenvalue weighted by atomic mass is 35.5. The molecule has 0 fully saturated rings. The molecule has 6 nitrogen and oxygen atoms in total. The fraction of sp³-hybridized carbons (Fsp3) is 0.111. The van der Waals surface area contributed by atoms with Gasteiger partial charge in [-0.15, -0.1) is 10.2 Å². The zero-order valence-electron chi connectivity index (χ0n) is 14.1. The van der Waals surface area contributed by atoms with Crippen molar-refractivity contribution >= 4 is 11.6 Å². The van der Waals surface area contributed by atoms with E-state index in [1.54, 1.807) is 24.3 Å². The van der Waals surface area contributed by atoms with E-state index in [2.05, 4.69) is 20.4 Å². The Balaban J connectivity index is 1.52. The lowest BCUT2D eigenvalue weighted by molar-refractivity contribution is -0.137. The van der Waals surface area contributed by atoms with Crippen LogP contribution in [0.15, 0.2) is 59.2 Å². The molecule has 0 unspecified atom stereocenters. The maximum atomic E-state index is 12.9. The first-order chi connectivity index (χ1) is 13.4. The summed E-state index contributed by atoms with van der Waals surface area (Å²) in [6.45, 7) is 0.156. The molecule has 0 radical (unpaired) electrons. The fourth-order valence-corrected chi connectivity index (χ4v) is 2.64. The van der Waals surface area contributed by atoms with Gasteiger partial charge in [-0.25, -0.2) is 4.98 Å². The summed E-state index contributed by atoms with van der Waals surface area (Å²) >= 11 is 5.86. The molecular weight excluding hydrogens is 395 g/mol. The van der Waals surface area contributed by atoms with Crippen LogP contribution in [0.4, 0.5) is 13.2 Å². The number of benzene rings is 2. The van der Waals surface area contributed by atoms with Crippen LogP contribution in [0.2, 0.25) is 5.02 Å². The van der Waals surface area contributed by atoms with E-state index in [0.717, 1.165) is 17.7 Å². The van der Waals surface area contributed by atoms with Crippen molar-refractivity contribution in [1.82, 2.24) is 25.2 Å². The SMILES string of the molecule is FC(F)(F)c1cccc(-c2nnn(Cc3coc(-c4ccc(Cl)cc4)n3)n2)c1. The third-order valence-electron chi connectivity index (χ3n) is 3.85. The first-order valence-electron chi connectivity index (χ1n) is 8.04. The van der Waals surface area contributed by atoms with Crippen molar-refractivity contribution in [2.75, 3.05) is 0 Å². The highest BCUT2D eigenvalue weighted by Gasteiger charge is 2.30. The molecule has 0 aliphatic carbocycles. The van der Waals surface area contributed by atoms with E-state index in [-0.39, 0.29) is 17.9 Å². The molecule has 0 atom stereocenters. The van der Waals surface area contributed by atoms with E-state index in [0.29, 0.717) is 16.6 Å². The molecule has 10 heteroatoms. The number of nitrogens with zero attached hydrogens (tertiary/aromatic N) is 5. The molecule has 0 saturated heterocycles. The molecule has 2 heterocycles. The summed E-state index contributed by atoms with van der Waals surface area (Å²) in [7, 11) is 0. The van der Waals surface area contributed by atoms with Gasteiger partial charge in [0, 0.05) is 16.1 Å². The molecule has 0 amide bonds. The van der Waals surface area contributed by atoms with Gasteiger partial charge in [0.2, 0.25) is 11.7 Å². The fourth-order valence-electron chi connectivity index (χ4n) is 2.51. The van der Waals surface area contributed by atoms with Gasteiger partial charge in [-0.1, -0.05) is 23.7 Å². The summed E-state index contributed by atoms with van der Waals surface area (Å²) in [6, 6.07) is 11.8. The number of aromatic nitrogens is 5. The summed E-state index contributed by atoms with van der Waals surface area (Å²) in [4.78, 5) is 5.58. The summed E-state index contributed by atoms with van der Waals surface area (Å²) < 4.78 is 44.0. The van der Waals surface area contributed by atoms with Gasteiger partial charge in [0.05, 0.1) is 5.56 Å². The Labute approximate surface area is 161 Å². The number of halogens is 4. The third kappa shape index (κ3) is 3.89. The molecule has 28 heavy (non-hydrogen) atoms. The molecule has 0 aliphatic heterocycles. The number of alkyl halides is 3. The number of hydrogen-bond donors (Lipinski definition) is 0. The molecule has 4 rings (SSSR count). The number of tetrazole rings is 1. The van der Waals surface area contributed by atoms with E-state index < -0.39 is 11.7 Å². The Bertz CT molecular complexity index is 1100. The minimum absolute atomic E-state index is 0.0903. The minimum atomic E-state index is -4.44. The van der Waals surface area contributed by atoms with Crippen molar-refractivity contribution in [3.8, 4) is 22.8 Å². The number of hydrogen-bond acceptors (Lipinski definition) is 5. The molecule has 142 valence electrons. The third-order valence-corrected chi connectivity index (χ3v) is 4.10. The van der Waals surface area contributed by atoms with Crippen LogP contribution in [-0.2, 0) is 12.7 Å². The Morgan fingerprint density at radius 2 is 1.82 bits per heavy atom. The van der Waals surface area contributed by atoms with Crippen LogP contribution in [-0.4, -0.2) is 25.2 Å². The molecule has 2 aromatic carbocycles. The summed E-state index contributed by atoms with van der Waals surface area (Å²) in [5.74, 6) is 0.498. The van der Waals surface area contributed by atoms with Gasteiger partial charge in [0.1, 0.15) is 18.5 Å². The van der Waals surface area contributed by atoms with Gasteiger partial charge in [0.15, 0.2) is 0 Å². The van der Waals surface area contributed by atoms with Crippen LogP contribution in [0.5, 0.6) is 0 Å². The van der Waals surface area contributed by atoms with Crippen molar-refractivity contribution in [2.45, 2.75) is 12.7 Å². The molecule has 0 saturated carbocycles. The zero-order valence-corrected chi connectivity index (χ0v) is 14.8. The summed E-state index contributed by atoms with van der Waals surface area (Å²) in [6.07, 6.45) is -2.98. The standard InChI is InChI=1S/C18H11ClF3N5O/c19-14-6-4-11(5-7-14)17-23-15(10-28-17)9-27-25-16(24-26-27)12-2-1-3-13(8-12)18(20,21)22/h1-8,10H,9H2. The van der Waals surface area contributed by atoms with Crippen molar-refractivity contribution in [3.63, 3.8) is 0 Å². The van der Waals surface area contributed by atoms with E-state index >= 15 is 0 Å². The largest absolute Gasteiger partial charge is 0.444 e. The van der Waals surface area contributed by atoms with E-state index in [4.69, 9.17) is 16.0 Å². The van der Waals surface area contributed by atoms with Crippen LogP contribution in [0.3, 0.4) is 0 Å². The molecule has 0 N–H and O–H groups in total. The van der Waals surface area contributed by atoms with E-state index in [1.807, 2.05) is 0 Å². The predicted octanol–water partition coefficient (Wildman–Crippen LogP) is 4.72. The van der Waals surface area contributed by atoms with Crippen molar-refractivity contribution < 1.29 is 17.6 Å². The van der Waals surface area contributed by atoms with Gasteiger partial charge >= 0.3 is 6.18 Å². The zero-order chi connectivity index (χ0) is 19.7. The maximum absolute atomic E-state index is 12.9. The molecular formula is C18H11ClF3N5O. The Morgan fingerprint density at radius 3 is 2.57 bits per heavy atom. The molecule has 4 aromatic rings. The van der Waals surface area contributed by atoms with Crippen molar-refractivity contribution in [2.24, 2.45) is 0 Å². The van der Waals surface area contributed by atoms with Crippen LogP contribution in [0.25, 0.3) is 22.8 Å². The number of rotatable bonds is 4. The van der Waals surface area contributed by atoms with Gasteiger partial charge in [0.25, 0.3) is 0 Å². The molecule has 0 aliphatic rings. The normalized spacial score (nSPS) is 11.7. The van der Waals surface area contributed by atoms with Gasteiger partial charge in [-0.2, -0.15) is 18.0 Å². The van der Waals surface area contributed by atoms with Crippen LogP contribution in [0, 0.1) is 0 Å². The van der Waals surface area contributed by atoms with E-state index in [1.165, 1.54) is 23.2 Å². The Kier molecular flexibility index (Phi) is 4.60. The second-order valence-corrected chi connectivity index (χ2v) is 6.31. The number of oxazole rings is 1. The lowest BCUT2D eigenvalue weighted by Gasteiger charge is -2.06. The van der Waals surface area contributed by atoms with Gasteiger partial charge < -0.3 is 4.42 Å². The smallest absolute Gasteiger partial charge is 0.416 e. The van der Waals surface area contributed by atoms with Crippen LogP contribution >= 0.6 is 11.6 Å². The van der Waals surface area contributed by atoms with Gasteiger partial charge in [-0.3, -0.25) is 0 Å². The lowest BCUT2D eigenvalue weighted by atomic mass is 10.1. The Morgan fingerprint density at radius 1 is 1.04 bits per heavy atom. The lowest BCUT2D eigenvalue weighted by Crippen LogP contribution is -2.05. The first-order valence-corrected chi connectivity index (χ1v) is 8.42. The Hall–Kier alpha value is -3.20. The second kappa shape index (κ2) is 7.08. The monoisotopic (exact) mass is 405 g/mol. The van der Waals surface area contributed by atoms with Crippen molar-refractivity contribution in [1.29, 1.82) is 0 Å². The first kappa shape index (κ1) is 18.2. The highest BCUT2D eigenvalue weighted by molar-refractivity contribution is 6.30. The predicted molar refractivity (Wildman–Crippen MR) is 94.3 cm³/mol. The average molecular weight is 406 g/mol. The summed E-state index contributed by atoms with van der Waals surface area (Å²) in [5, 5.41) is 12.4. The van der Waals surface area contributed by atoms with Crippen LogP contribution in [0.1, 0.15) is 11.3 Å². The minimum Gasteiger partial charge on any atom is -0.444 e. The average Bonchev–Trinajstić information content (AvgIpc) is 3.32. The summed E-state index contributed by atoms with van der Waals surface area (Å²) in [5.41, 5.74) is 0.748. The van der Waals surface area contributed by atoms with E-state index in [9.17, 15) is 13.2 Å². The molecule has 2 aromatic heterocycles. The van der Waals surface area contributed by atoms with Gasteiger partial charge in [-0.05, 0) is 41.6 Å². The maximum Gasteiger partial charge on any atom is 0.416 e.